The third-order valence-corrected chi connectivity index (χ3v) is 18.6. The Morgan fingerprint density at radius 1 is 0.155 bits per heavy atom. The van der Waals surface area contributed by atoms with Crippen LogP contribution in [0.25, 0.3) is 209 Å². The van der Waals surface area contributed by atoms with Crippen molar-refractivity contribution < 1.29 is 17.7 Å². The highest BCUT2D eigenvalue weighted by molar-refractivity contribution is 6.26. The normalized spacial score (nSPS) is 12.5. The molecular weight excluding hydrogens is 1020 g/mol. The maximum Gasteiger partial charge on any atom is 0.143 e. The van der Waals surface area contributed by atoms with Gasteiger partial charge in [-0.25, -0.2) is 0 Å². The molecule has 4 nitrogen and oxygen atoms in total. The van der Waals surface area contributed by atoms with Gasteiger partial charge in [-0.1, -0.05) is 188 Å². The summed E-state index contributed by atoms with van der Waals surface area (Å²) >= 11 is 0. The Labute approximate surface area is 479 Å². The molecule has 0 N–H and O–H groups in total. The molecule has 84 heavy (non-hydrogen) atoms. The van der Waals surface area contributed by atoms with Crippen LogP contribution in [-0.4, -0.2) is 0 Å². The van der Waals surface area contributed by atoms with Gasteiger partial charge in [0.1, 0.15) is 44.7 Å². The quantitative estimate of drug-likeness (QED) is 0.172. The molecule has 0 saturated carbocycles. The zero-order valence-corrected chi connectivity index (χ0v) is 44.9. The van der Waals surface area contributed by atoms with Gasteiger partial charge in [0.15, 0.2) is 0 Å². The number of benzene rings is 14. The highest BCUT2D eigenvalue weighted by atomic mass is 16.3. The first-order valence-electron chi connectivity index (χ1n) is 28.8. The van der Waals surface area contributed by atoms with Crippen LogP contribution < -0.4 is 0 Å². The lowest BCUT2D eigenvalue weighted by atomic mass is 9.89. The van der Waals surface area contributed by atoms with E-state index in [9.17, 15) is 0 Å². The number of hydrogen-bond acceptors (Lipinski definition) is 4. The number of hydrogen-bond donors (Lipinski definition) is 0. The smallest absolute Gasteiger partial charge is 0.143 e. The van der Waals surface area contributed by atoms with Crippen LogP contribution in [0.2, 0.25) is 0 Å². The van der Waals surface area contributed by atoms with Crippen LogP contribution in [0.3, 0.4) is 0 Å². The van der Waals surface area contributed by atoms with Crippen molar-refractivity contribution in [1.29, 1.82) is 0 Å². The van der Waals surface area contributed by atoms with Crippen LogP contribution in [0.1, 0.15) is 0 Å². The maximum atomic E-state index is 7.32. The molecule has 14 aromatic carbocycles. The lowest BCUT2D eigenvalue weighted by Crippen LogP contribution is -1.88. The minimum atomic E-state index is 0.846. The first-order valence-corrected chi connectivity index (χ1v) is 28.8. The molecule has 4 heteroatoms. The monoisotopic (exact) mass is 1070 g/mol. The van der Waals surface area contributed by atoms with Crippen LogP contribution >= 0.6 is 0 Å². The van der Waals surface area contributed by atoms with E-state index in [0.29, 0.717) is 0 Å². The van der Waals surface area contributed by atoms with Gasteiger partial charge >= 0.3 is 0 Å². The summed E-state index contributed by atoms with van der Waals surface area (Å²) in [4.78, 5) is 0. The highest BCUT2D eigenvalue weighted by Gasteiger charge is 2.28. The van der Waals surface area contributed by atoms with Gasteiger partial charge < -0.3 is 17.7 Å². The Morgan fingerprint density at radius 3 is 1.32 bits per heavy atom. The van der Waals surface area contributed by atoms with Crippen molar-refractivity contribution in [2.45, 2.75) is 0 Å². The molecule has 4 aromatic heterocycles. The summed E-state index contributed by atoms with van der Waals surface area (Å²) in [5.74, 6) is 0. The molecule has 20 rings (SSSR count). The summed E-state index contributed by atoms with van der Waals surface area (Å²) < 4.78 is 26.8. The second-order valence-corrected chi connectivity index (χ2v) is 22.8. The van der Waals surface area contributed by atoms with Gasteiger partial charge in [0.05, 0.1) is 0 Å². The predicted octanol–water partition coefficient (Wildman–Crippen LogP) is 23.2. The molecule has 0 radical (unpaired) electrons. The first kappa shape index (κ1) is 44.5. The van der Waals surface area contributed by atoms with Gasteiger partial charge in [-0.2, -0.15) is 0 Å². The predicted molar refractivity (Wildman–Crippen MR) is 347 cm³/mol. The van der Waals surface area contributed by atoms with Gasteiger partial charge in [-0.05, 0) is 177 Å². The van der Waals surface area contributed by atoms with E-state index in [4.69, 9.17) is 17.7 Å². The number of fused-ring (bicyclic) bond motifs is 18. The van der Waals surface area contributed by atoms with Crippen LogP contribution in [0.15, 0.2) is 272 Å². The van der Waals surface area contributed by atoms with Crippen molar-refractivity contribution in [3.05, 3.63) is 255 Å². The molecule has 0 amide bonds. The SMILES string of the molecule is c1ccc2c(c1)-c1cccc3c(-c4ccc(-c5ccc6c(c5)-c5ccc(-c7cccc8oc9c(-c%10ccc%11c(c%10)oc%10ccccc%10%11)cccc9c78)c7cccc-6c57)c5oc6cc(-c7ccc8oc9ccccc9c8c7)ccc6c45)ccc-2c13. The topological polar surface area (TPSA) is 52.6 Å². The average molecular weight is 1070 g/mol. The summed E-state index contributed by atoms with van der Waals surface area (Å²) in [5.41, 5.74) is 28.1. The molecule has 0 fully saturated rings. The van der Waals surface area contributed by atoms with Crippen molar-refractivity contribution in [1.82, 2.24) is 0 Å². The van der Waals surface area contributed by atoms with Crippen molar-refractivity contribution in [2.75, 3.05) is 0 Å². The minimum Gasteiger partial charge on any atom is -0.456 e. The Hall–Kier alpha value is -11.2. The highest BCUT2D eigenvalue weighted by Crippen LogP contribution is 2.55. The van der Waals surface area contributed by atoms with E-state index in [0.717, 1.165) is 132 Å². The number of rotatable bonds is 5. The van der Waals surface area contributed by atoms with Gasteiger partial charge in [0.25, 0.3) is 0 Å². The van der Waals surface area contributed by atoms with E-state index in [1.165, 1.54) is 77.2 Å². The van der Waals surface area contributed by atoms with Crippen LogP contribution in [0, 0.1) is 0 Å². The first-order chi connectivity index (χ1) is 41.6. The van der Waals surface area contributed by atoms with Crippen LogP contribution in [0.5, 0.6) is 0 Å². The number of para-hydroxylation sites is 3. The largest absolute Gasteiger partial charge is 0.456 e. The number of furan rings is 4. The molecule has 0 atom stereocenters. The van der Waals surface area contributed by atoms with E-state index >= 15 is 0 Å². The van der Waals surface area contributed by atoms with Gasteiger partial charge in [-0.15, -0.1) is 0 Å². The summed E-state index contributed by atoms with van der Waals surface area (Å²) in [6, 6.07) is 92.5. The second-order valence-electron chi connectivity index (χ2n) is 22.8. The maximum absolute atomic E-state index is 7.32. The van der Waals surface area contributed by atoms with Crippen molar-refractivity contribution >= 4 is 109 Å². The molecule has 18 aromatic rings. The molecule has 4 heterocycles. The molecule has 0 aliphatic heterocycles. The zero-order chi connectivity index (χ0) is 54.5. The average Bonchev–Trinajstić information content (AvgIpc) is 2.23. The van der Waals surface area contributed by atoms with E-state index in [-0.39, 0.29) is 0 Å². The molecular formula is C80H42O4. The molecule has 0 saturated heterocycles. The molecule has 386 valence electrons. The second kappa shape index (κ2) is 16.3. The van der Waals surface area contributed by atoms with Gasteiger partial charge in [0.2, 0.25) is 0 Å². The van der Waals surface area contributed by atoms with Gasteiger partial charge in [0, 0.05) is 54.2 Å². The van der Waals surface area contributed by atoms with Crippen LogP contribution in [-0.2, 0) is 0 Å². The summed E-state index contributed by atoms with van der Waals surface area (Å²) in [6.45, 7) is 0. The molecule has 0 spiro atoms. The summed E-state index contributed by atoms with van der Waals surface area (Å²) in [6.07, 6.45) is 0. The van der Waals surface area contributed by atoms with Crippen LogP contribution in [0.4, 0.5) is 0 Å². The van der Waals surface area contributed by atoms with Crippen molar-refractivity contribution in [2.24, 2.45) is 0 Å². The fourth-order valence-electron chi connectivity index (χ4n) is 14.9. The Kier molecular flexibility index (Phi) is 8.62. The molecule has 0 unspecified atom stereocenters. The minimum absolute atomic E-state index is 0.846. The van der Waals surface area contributed by atoms with E-state index in [2.05, 4.69) is 231 Å². The molecule has 0 bridgehead atoms. The standard InChI is InChI=1S/C80H42O4/c1-2-12-50-49(11-1)57-16-8-18-59-52(33-36-62(50)75(57)59)63-35-32-48(80-78(63)65-31-25-44(41-74(65)84-80)43-28-38-71-68(39-43)55-14-4-6-23-70(55)81-71)45-26-29-53-60-19-9-17-58-51(34-37-64(76(58)60)67(53)40-45)61-20-10-24-72-77(61)66-21-7-15-47(79(66)83-72)46-27-30-56-54-13-3-5-22-69(54)82-73(56)42-46/h1-42H. The van der Waals surface area contributed by atoms with Gasteiger partial charge in [-0.3, -0.25) is 0 Å². The Bertz CT molecular complexity index is 5960. The third kappa shape index (κ3) is 5.95. The van der Waals surface area contributed by atoms with E-state index in [1.807, 2.05) is 24.3 Å². The Balaban J connectivity index is 0.741. The summed E-state index contributed by atoms with van der Waals surface area (Å²) in [7, 11) is 0. The van der Waals surface area contributed by atoms with E-state index < -0.39 is 0 Å². The lowest BCUT2D eigenvalue weighted by molar-refractivity contribution is 0.668. The fourth-order valence-corrected chi connectivity index (χ4v) is 14.9. The van der Waals surface area contributed by atoms with E-state index in [1.54, 1.807) is 0 Å². The fraction of sp³-hybridized carbons (Fsp3) is 0. The Morgan fingerprint density at radius 2 is 0.560 bits per heavy atom. The summed E-state index contributed by atoms with van der Waals surface area (Å²) in [5, 5.41) is 13.8. The lowest BCUT2D eigenvalue weighted by Gasteiger charge is -2.13. The van der Waals surface area contributed by atoms with Crippen molar-refractivity contribution in [3.8, 4) is 100 Å². The molecule has 2 aliphatic rings. The molecule has 2 aliphatic carbocycles. The zero-order valence-electron chi connectivity index (χ0n) is 44.9. The third-order valence-electron chi connectivity index (χ3n) is 18.6. The van der Waals surface area contributed by atoms with Crippen molar-refractivity contribution in [3.63, 3.8) is 0 Å².